The Kier molecular flexibility index (Phi) is 7.60. The van der Waals surface area contributed by atoms with Gasteiger partial charge in [-0.25, -0.2) is 23.1 Å². The molecule has 35 heavy (non-hydrogen) atoms. The molecule has 0 spiro atoms. The maximum absolute atomic E-state index is 13.0. The molecule has 1 aromatic carbocycles. The van der Waals surface area contributed by atoms with Gasteiger partial charge in [-0.1, -0.05) is 23.7 Å². The first-order valence-corrected chi connectivity index (χ1v) is 13.7. The van der Waals surface area contributed by atoms with E-state index in [4.69, 9.17) is 17.3 Å². The number of amides is 1. The van der Waals surface area contributed by atoms with E-state index in [-0.39, 0.29) is 24.9 Å². The third-order valence-electron chi connectivity index (χ3n) is 6.31. The zero-order chi connectivity index (χ0) is 25.1. The zero-order valence-electron chi connectivity index (χ0n) is 19.5. The molecule has 188 valence electrons. The number of carbonyl (C=O) groups excluding carboxylic acids is 1. The molecule has 1 unspecified atom stereocenters. The van der Waals surface area contributed by atoms with E-state index in [1.54, 1.807) is 18.5 Å². The second kappa shape index (κ2) is 10.5. The molecule has 1 amide bonds. The van der Waals surface area contributed by atoms with Crippen LogP contribution in [0.15, 0.2) is 42.9 Å². The van der Waals surface area contributed by atoms with E-state index in [2.05, 4.69) is 29.9 Å². The maximum atomic E-state index is 13.0. The lowest BCUT2D eigenvalue weighted by Crippen LogP contribution is -2.53. The number of hydrogen-bond acceptors (Lipinski definition) is 7. The fourth-order valence-electron chi connectivity index (χ4n) is 4.42. The lowest BCUT2D eigenvalue weighted by atomic mass is 9.85. The highest BCUT2D eigenvalue weighted by molar-refractivity contribution is 7.88. The first-order chi connectivity index (χ1) is 16.6. The summed E-state index contributed by atoms with van der Waals surface area (Å²) in [5.41, 5.74) is 7.65. The molecular formula is C23H30ClN7O3S. The molecule has 12 heteroatoms. The Morgan fingerprint density at radius 2 is 1.94 bits per heavy atom. The molecule has 1 aliphatic heterocycles. The average Bonchev–Trinajstić information content (AvgIpc) is 3.28. The summed E-state index contributed by atoms with van der Waals surface area (Å²) < 4.78 is 25.4. The number of anilines is 1. The fourth-order valence-corrected chi connectivity index (χ4v) is 5.04. The molecule has 2 aromatic heterocycles. The number of nitrogens with zero attached hydrogens (tertiary/aromatic N) is 3. The number of carbonyl (C=O) groups is 1. The van der Waals surface area contributed by atoms with Crippen molar-refractivity contribution in [2.75, 3.05) is 30.8 Å². The summed E-state index contributed by atoms with van der Waals surface area (Å²) >= 11 is 6.01. The molecule has 3 aromatic rings. The number of hydrogen-bond donors (Lipinski definition) is 4. The van der Waals surface area contributed by atoms with Crippen LogP contribution in [-0.2, 0) is 14.8 Å². The van der Waals surface area contributed by atoms with E-state index in [0.29, 0.717) is 37.4 Å². The number of rotatable bonds is 9. The normalized spacial score (nSPS) is 16.8. The van der Waals surface area contributed by atoms with Gasteiger partial charge in [0.05, 0.1) is 17.7 Å². The van der Waals surface area contributed by atoms with Crippen LogP contribution >= 0.6 is 11.6 Å². The molecule has 4 rings (SSSR count). The van der Waals surface area contributed by atoms with Gasteiger partial charge in [-0.05, 0) is 43.0 Å². The fraction of sp³-hybridized carbons (Fsp3) is 0.435. The van der Waals surface area contributed by atoms with E-state index in [9.17, 15) is 13.2 Å². The lowest BCUT2D eigenvalue weighted by molar-refractivity contribution is -0.123. The van der Waals surface area contributed by atoms with Crippen molar-refractivity contribution in [1.29, 1.82) is 0 Å². The van der Waals surface area contributed by atoms with Crippen molar-refractivity contribution in [2.24, 2.45) is 5.73 Å². The lowest BCUT2D eigenvalue weighted by Gasteiger charge is -2.39. The quantitative estimate of drug-likeness (QED) is 0.338. The highest BCUT2D eigenvalue weighted by Crippen LogP contribution is 2.30. The number of piperidine rings is 1. The number of fused-ring (bicyclic) bond motifs is 1. The maximum Gasteiger partial charge on any atom is 0.222 e. The standard InChI is InChI=1S/C23H30ClN7O3S/c1-35(33,34)29-11-7-19(16-2-4-17(24)5-3-16)30-20(32)14-23(25)8-12-31(13-9-23)22-18-6-10-26-21(18)27-15-28-22/h2-6,10,15,19,29H,7-9,11-14,25H2,1H3,(H,30,32)(H,26,27,28). The topological polar surface area (TPSA) is 146 Å². The number of halogens is 1. The molecule has 10 nitrogen and oxygen atoms in total. The molecule has 0 aliphatic carbocycles. The molecule has 5 N–H and O–H groups in total. The van der Waals surface area contributed by atoms with Crippen LogP contribution in [0.4, 0.5) is 5.82 Å². The summed E-state index contributed by atoms with van der Waals surface area (Å²) in [7, 11) is -3.33. The van der Waals surface area contributed by atoms with Crippen molar-refractivity contribution in [3.63, 3.8) is 0 Å². The second-order valence-corrected chi connectivity index (χ2v) is 11.4. The van der Waals surface area contributed by atoms with E-state index in [1.807, 2.05) is 24.4 Å². The highest BCUT2D eigenvalue weighted by atomic mass is 35.5. The van der Waals surface area contributed by atoms with Crippen LogP contribution in [0.1, 0.15) is 37.3 Å². The molecule has 0 bridgehead atoms. The van der Waals surface area contributed by atoms with Crippen LogP contribution in [0, 0.1) is 0 Å². The summed E-state index contributed by atoms with van der Waals surface area (Å²) in [4.78, 5) is 27.0. The van der Waals surface area contributed by atoms with Crippen molar-refractivity contribution in [3.05, 3.63) is 53.4 Å². The molecular weight excluding hydrogens is 490 g/mol. The van der Waals surface area contributed by atoms with Crippen LogP contribution in [0.25, 0.3) is 11.0 Å². The van der Waals surface area contributed by atoms with E-state index < -0.39 is 15.6 Å². The summed E-state index contributed by atoms with van der Waals surface area (Å²) in [6, 6.07) is 8.73. The van der Waals surface area contributed by atoms with Gasteiger partial charge in [0.15, 0.2) is 0 Å². The molecule has 1 atom stereocenters. The van der Waals surface area contributed by atoms with Gasteiger partial charge >= 0.3 is 0 Å². The molecule has 1 fully saturated rings. The largest absolute Gasteiger partial charge is 0.356 e. The predicted octanol–water partition coefficient (Wildman–Crippen LogP) is 2.10. The van der Waals surface area contributed by atoms with Gasteiger partial charge in [-0.15, -0.1) is 0 Å². The number of sulfonamides is 1. The SMILES string of the molecule is CS(=O)(=O)NCCC(NC(=O)CC1(N)CCN(c2ncnc3[nH]ccc23)CC1)c1ccc(Cl)cc1. The van der Waals surface area contributed by atoms with Crippen LogP contribution in [-0.4, -0.2) is 60.7 Å². The Labute approximate surface area is 209 Å². The van der Waals surface area contributed by atoms with Gasteiger partial charge in [0, 0.05) is 42.8 Å². The van der Waals surface area contributed by atoms with E-state index >= 15 is 0 Å². The average molecular weight is 520 g/mol. The minimum Gasteiger partial charge on any atom is -0.356 e. The van der Waals surface area contributed by atoms with E-state index in [0.717, 1.165) is 28.7 Å². The minimum absolute atomic E-state index is 0.171. The molecule has 1 saturated heterocycles. The van der Waals surface area contributed by atoms with Crippen LogP contribution in [0.5, 0.6) is 0 Å². The van der Waals surface area contributed by atoms with Gasteiger partial charge in [-0.2, -0.15) is 0 Å². The van der Waals surface area contributed by atoms with E-state index in [1.165, 1.54) is 0 Å². The Bertz CT molecular complexity index is 1270. The number of aromatic amines is 1. The second-order valence-electron chi connectivity index (χ2n) is 9.09. The van der Waals surface area contributed by atoms with Gasteiger partial charge in [0.25, 0.3) is 0 Å². The molecule has 3 heterocycles. The Morgan fingerprint density at radius 3 is 2.63 bits per heavy atom. The van der Waals surface area contributed by atoms with Crippen molar-refractivity contribution < 1.29 is 13.2 Å². The number of nitrogens with two attached hydrogens (primary N) is 1. The molecule has 0 radical (unpaired) electrons. The molecule has 1 aliphatic rings. The number of nitrogens with one attached hydrogen (secondary N) is 3. The predicted molar refractivity (Wildman–Crippen MR) is 137 cm³/mol. The van der Waals surface area contributed by atoms with Crippen LogP contribution in [0.3, 0.4) is 0 Å². The number of aromatic nitrogens is 3. The van der Waals surface area contributed by atoms with Crippen LogP contribution < -0.4 is 20.7 Å². The van der Waals surface area contributed by atoms with Crippen molar-refractivity contribution >= 4 is 44.4 Å². The van der Waals surface area contributed by atoms with Gasteiger partial charge in [0.1, 0.15) is 17.8 Å². The number of benzene rings is 1. The Morgan fingerprint density at radius 1 is 1.23 bits per heavy atom. The van der Waals surface area contributed by atoms with Crippen LogP contribution in [0.2, 0.25) is 5.02 Å². The van der Waals surface area contributed by atoms with Crippen molar-refractivity contribution in [2.45, 2.75) is 37.3 Å². The van der Waals surface area contributed by atoms with Gasteiger partial charge < -0.3 is 20.9 Å². The minimum atomic E-state index is -3.33. The molecule has 0 saturated carbocycles. The Balaban J connectivity index is 1.37. The Hall–Kier alpha value is -2.73. The summed E-state index contributed by atoms with van der Waals surface area (Å²) in [5.74, 6) is 0.694. The van der Waals surface area contributed by atoms with Crippen molar-refractivity contribution in [1.82, 2.24) is 25.0 Å². The summed E-state index contributed by atoms with van der Waals surface area (Å²) in [6.07, 6.45) is 6.33. The van der Waals surface area contributed by atoms with Crippen molar-refractivity contribution in [3.8, 4) is 0 Å². The summed E-state index contributed by atoms with van der Waals surface area (Å²) in [6.45, 7) is 1.56. The highest BCUT2D eigenvalue weighted by Gasteiger charge is 2.34. The first-order valence-electron chi connectivity index (χ1n) is 11.4. The summed E-state index contributed by atoms with van der Waals surface area (Å²) in [5, 5.41) is 4.59. The third-order valence-corrected chi connectivity index (χ3v) is 7.29. The monoisotopic (exact) mass is 519 g/mol. The third kappa shape index (κ3) is 6.69. The zero-order valence-corrected chi connectivity index (χ0v) is 21.1. The van der Waals surface area contributed by atoms with Gasteiger partial charge in [-0.3, -0.25) is 4.79 Å². The smallest absolute Gasteiger partial charge is 0.222 e. The first kappa shape index (κ1) is 25.4. The van der Waals surface area contributed by atoms with Gasteiger partial charge in [0.2, 0.25) is 15.9 Å². The number of H-pyrrole nitrogens is 1.